The Kier molecular flexibility index (Phi) is 5.06. The van der Waals surface area contributed by atoms with Crippen molar-refractivity contribution < 1.29 is 5.11 Å². The number of aromatic nitrogens is 6. The predicted octanol–water partition coefficient (Wildman–Crippen LogP) is 2.92. The highest BCUT2D eigenvalue weighted by Crippen LogP contribution is 2.34. The fraction of sp³-hybridized carbons (Fsp3) is 0.474. The number of pyridine rings is 1. The Balaban J connectivity index is 1.61. The van der Waals surface area contributed by atoms with Crippen LogP contribution in [0.25, 0.3) is 11.4 Å². The van der Waals surface area contributed by atoms with Crippen molar-refractivity contribution in [2.24, 2.45) is 5.92 Å². The molecule has 3 heterocycles. The van der Waals surface area contributed by atoms with E-state index in [1.165, 1.54) is 19.3 Å². The van der Waals surface area contributed by atoms with Gasteiger partial charge in [0, 0.05) is 42.8 Å². The van der Waals surface area contributed by atoms with E-state index >= 15 is 0 Å². The molecule has 1 atom stereocenters. The van der Waals surface area contributed by atoms with Crippen LogP contribution in [0.5, 0.6) is 0 Å². The molecule has 0 saturated heterocycles. The molecular weight excluding hydrogens is 328 g/mol. The number of aromatic amines is 1. The first kappa shape index (κ1) is 16.9. The molecule has 0 spiro atoms. The minimum absolute atomic E-state index is 0.268. The molecule has 0 amide bonds. The van der Waals surface area contributed by atoms with Crippen LogP contribution in [0.4, 0.5) is 0 Å². The van der Waals surface area contributed by atoms with Gasteiger partial charge in [0.2, 0.25) is 0 Å². The third kappa shape index (κ3) is 3.67. The van der Waals surface area contributed by atoms with Crippen LogP contribution >= 0.6 is 0 Å². The lowest BCUT2D eigenvalue weighted by Gasteiger charge is -2.26. The van der Waals surface area contributed by atoms with Gasteiger partial charge in [-0.15, -0.1) is 0 Å². The monoisotopic (exact) mass is 352 g/mol. The zero-order valence-corrected chi connectivity index (χ0v) is 14.8. The van der Waals surface area contributed by atoms with E-state index in [-0.39, 0.29) is 5.92 Å². The number of aliphatic hydroxyl groups excluding tert-OH is 1. The van der Waals surface area contributed by atoms with Crippen LogP contribution in [0, 0.1) is 5.92 Å². The second-order valence-corrected chi connectivity index (χ2v) is 6.92. The zero-order valence-electron chi connectivity index (χ0n) is 14.8. The summed E-state index contributed by atoms with van der Waals surface area (Å²) in [5.41, 5.74) is 1.96. The smallest absolute Gasteiger partial charge is 0.181 e. The molecule has 0 bridgehead atoms. The van der Waals surface area contributed by atoms with E-state index in [9.17, 15) is 5.11 Å². The quantitative estimate of drug-likeness (QED) is 0.711. The van der Waals surface area contributed by atoms with Crippen molar-refractivity contribution >= 4 is 0 Å². The van der Waals surface area contributed by atoms with Crippen molar-refractivity contribution in [1.82, 2.24) is 29.7 Å². The van der Waals surface area contributed by atoms with Gasteiger partial charge >= 0.3 is 0 Å². The maximum atomic E-state index is 11.0. The maximum Gasteiger partial charge on any atom is 0.181 e. The number of hydrogen-bond acceptors (Lipinski definition) is 5. The Labute approximate surface area is 152 Å². The Hall–Kier alpha value is -2.54. The lowest BCUT2D eigenvalue weighted by Crippen LogP contribution is -2.21. The first-order valence-electron chi connectivity index (χ1n) is 9.32. The van der Waals surface area contributed by atoms with Crippen LogP contribution < -0.4 is 0 Å². The van der Waals surface area contributed by atoms with Crippen LogP contribution in [-0.2, 0) is 13.0 Å². The molecule has 2 N–H and O–H groups in total. The summed E-state index contributed by atoms with van der Waals surface area (Å²) in [4.78, 5) is 15.9. The van der Waals surface area contributed by atoms with Crippen LogP contribution in [0.1, 0.15) is 49.7 Å². The summed E-state index contributed by atoms with van der Waals surface area (Å²) < 4.78 is 1.86. The number of H-pyrrole nitrogens is 1. The van der Waals surface area contributed by atoms with Gasteiger partial charge in [0.1, 0.15) is 6.10 Å². The summed E-state index contributed by atoms with van der Waals surface area (Å²) in [6.45, 7) is 0.652. The van der Waals surface area contributed by atoms with Gasteiger partial charge in [-0.2, -0.15) is 5.10 Å². The highest BCUT2D eigenvalue weighted by molar-refractivity contribution is 5.53. The molecule has 0 aliphatic heterocycles. The van der Waals surface area contributed by atoms with Gasteiger partial charge in [0.05, 0.1) is 6.33 Å². The van der Waals surface area contributed by atoms with E-state index < -0.39 is 6.10 Å². The first-order chi connectivity index (χ1) is 12.8. The fourth-order valence-corrected chi connectivity index (χ4v) is 3.67. The minimum Gasteiger partial charge on any atom is -0.385 e. The number of hydrogen-bond donors (Lipinski definition) is 2. The molecule has 136 valence electrons. The standard InChI is InChI=1S/C19H24N6O/c26-17(14-4-2-1-3-5-14)19-23-18(15-6-9-20-10-7-15)24-25(19)11-8-16-12-21-13-22-16/h6-7,9-10,12-14,17,26H,1-5,8,11H2,(H,21,22)/t17-/m1/s1. The van der Waals surface area contributed by atoms with E-state index in [1.807, 2.05) is 23.0 Å². The molecule has 1 aliphatic rings. The topological polar surface area (TPSA) is 92.5 Å². The lowest BCUT2D eigenvalue weighted by atomic mass is 9.85. The Bertz CT molecular complexity index is 808. The van der Waals surface area contributed by atoms with Gasteiger partial charge in [-0.05, 0) is 30.9 Å². The number of nitrogens with zero attached hydrogens (tertiary/aromatic N) is 5. The highest BCUT2D eigenvalue weighted by Gasteiger charge is 2.28. The van der Waals surface area contributed by atoms with Crippen molar-refractivity contribution in [3.05, 3.63) is 48.6 Å². The van der Waals surface area contributed by atoms with Gasteiger partial charge in [0.15, 0.2) is 11.6 Å². The number of imidazole rings is 1. The van der Waals surface area contributed by atoms with Crippen LogP contribution in [0.15, 0.2) is 37.1 Å². The predicted molar refractivity (Wildman–Crippen MR) is 97.1 cm³/mol. The third-order valence-corrected chi connectivity index (χ3v) is 5.15. The van der Waals surface area contributed by atoms with Crippen LogP contribution in [0.2, 0.25) is 0 Å². The van der Waals surface area contributed by atoms with Gasteiger partial charge in [-0.1, -0.05) is 19.3 Å². The Morgan fingerprint density at radius 2 is 1.96 bits per heavy atom. The van der Waals surface area contributed by atoms with Crippen molar-refractivity contribution in [3.63, 3.8) is 0 Å². The molecule has 3 aromatic heterocycles. The summed E-state index contributed by atoms with van der Waals surface area (Å²) in [7, 11) is 0. The molecule has 0 aromatic carbocycles. The summed E-state index contributed by atoms with van der Waals surface area (Å²) in [5, 5.41) is 15.7. The van der Waals surface area contributed by atoms with Crippen molar-refractivity contribution in [2.45, 2.75) is 51.2 Å². The first-order valence-corrected chi connectivity index (χ1v) is 9.32. The van der Waals surface area contributed by atoms with Crippen molar-refractivity contribution in [1.29, 1.82) is 0 Å². The normalized spacial score (nSPS) is 16.7. The number of aliphatic hydroxyl groups is 1. The van der Waals surface area contributed by atoms with Gasteiger partial charge < -0.3 is 10.1 Å². The number of aryl methyl sites for hydroxylation is 2. The minimum atomic E-state index is -0.569. The van der Waals surface area contributed by atoms with Crippen molar-refractivity contribution in [2.75, 3.05) is 0 Å². The van der Waals surface area contributed by atoms with E-state index in [0.29, 0.717) is 18.2 Å². The molecule has 7 nitrogen and oxygen atoms in total. The molecule has 7 heteroatoms. The molecule has 1 aliphatic carbocycles. The molecule has 4 rings (SSSR count). The van der Waals surface area contributed by atoms with E-state index in [1.54, 1.807) is 18.7 Å². The molecule has 1 fully saturated rings. The molecule has 1 saturated carbocycles. The second-order valence-electron chi connectivity index (χ2n) is 6.92. The average molecular weight is 352 g/mol. The SMILES string of the molecule is O[C@@H](c1nc(-c2ccncc2)nn1CCc1cnc[nH]1)C1CCCCC1. The lowest BCUT2D eigenvalue weighted by molar-refractivity contribution is 0.0728. The van der Waals surface area contributed by atoms with E-state index in [2.05, 4.69) is 20.1 Å². The molecule has 0 unspecified atom stereocenters. The van der Waals surface area contributed by atoms with Crippen LogP contribution in [0.3, 0.4) is 0 Å². The summed E-state index contributed by atoms with van der Waals surface area (Å²) in [6, 6.07) is 3.79. The average Bonchev–Trinajstić information content (AvgIpc) is 3.37. The summed E-state index contributed by atoms with van der Waals surface area (Å²) >= 11 is 0. The molecular formula is C19H24N6O. The van der Waals surface area contributed by atoms with Gasteiger partial charge in [0.25, 0.3) is 0 Å². The largest absolute Gasteiger partial charge is 0.385 e. The van der Waals surface area contributed by atoms with Gasteiger partial charge in [-0.3, -0.25) is 4.98 Å². The van der Waals surface area contributed by atoms with Crippen molar-refractivity contribution in [3.8, 4) is 11.4 Å². The summed E-state index contributed by atoms with van der Waals surface area (Å²) in [6.07, 6.45) is 12.9. The van der Waals surface area contributed by atoms with Crippen LogP contribution in [-0.4, -0.2) is 34.8 Å². The van der Waals surface area contributed by atoms with E-state index in [0.717, 1.165) is 30.5 Å². The fourth-order valence-electron chi connectivity index (χ4n) is 3.67. The number of nitrogens with one attached hydrogen (secondary N) is 1. The second kappa shape index (κ2) is 7.78. The highest BCUT2D eigenvalue weighted by atomic mass is 16.3. The summed E-state index contributed by atoms with van der Waals surface area (Å²) in [5.74, 6) is 1.58. The van der Waals surface area contributed by atoms with Gasteiger partial charge in [-0.25, -0.2) is 14.6 Å². The molecule has 3 aromatic rings. The molecule has 26 heavy (non-hydrogen) atoms. The zero-order chi connectivity index (χ0) is 17.8. The van der Waals surface area contributed by atoms with E-state index in [4.69, 9.17) is 4.98 Å². The number of rotatable bonds is 6. The maximum absolute atomic E-state index is 11.0. The molecule has 0 radical (unpaired) electrons. The Morgan fingerprint density at radius 1 is 1.15 bits per heavy atom. The third-order valence-electron chi connectivity index (χ3n) is 5.15. The Morgan fingerprint density at radius 3 is 2.69 bits per heavy atom.